The predicted molar refractivity (Wildman–Crippen MR) is 117 cm³/mol. The number of aryl methyl sites for hydroxylation is 2. The van der Waals surface area contributed by atoms with Crippen LogP contribution in [0.2, 0.25) is 5.02 Å². The molecular formula is C22H25ClF3N3O3. The molecule has 0 unspecified atom stereocenters. The number of hydrogen-bond donors (Lipinski definition) is 0. The van der Waals surface area contributed by atoms with Crippen LogP contribution in [0, 0.1) is 0 Å². The van der Waals surface area contributed by atoms with Crippen molar-refractivity contribution in [2.45, 2.75) is 52.3 Å². The number of carbonyl (C=O) groups excluding carboxylic acids is 1. The van der Waals surface area contributed by atoms with Crippen molar-refractivity contribution in [2.24, 2.45) is 0 Å². The van der Waals surface area contributed by atoms with E-state index < -0.39 is 24.3 Å². The van der Waals surface area contributed by atoms with Crippen LogP contribution in [0.5, 0.6) is 0 Å². The van der Waals surface area contributed by atoms with Crippen molar-refractivity contribution in [3.05, 3.63) is 57.5 Å². The van der Waals surface area contributed by atoms with Gasteiger partial charge >= 0.3 is 17.8 Å². The highest BCUT2D eigenvalue weighted by Gasteiger charge is 2.25. The van der Waals surface area contributed by atoms with E-state index in [-0.39, 0.29) is 24.5 Å². The van der Waals surface area contributed by atoms with Gasteiger partial charge in [0.1, 0.15) is 0 Å². The summed E-state index contributed by atoms with van der Waals surface area (Å²) in [5.74, 6) is -0.257. The molecule has 1 aromatic carbocycles. The Bertz CT molecular complexity index is 1070. The van der Waals surface area contributed by atoms with Crippen LogP contribution in [0.4, 0.5) is 13.2 Å². The maximum absolute atomic E-state index is 13.2. The first kappa shape index (κ1) is 25.5. The Morgan fingerprint density at radius 1 is 1.28 bits per heavy atom. The van der Waals surface area contributed by atoms with Crippen molar-refractivity contribution in [1.82, 2.24) is 14.3 Å². The quantitative estimate of drug-likeness (QED) is 0.370. The second-order valence-electron chi connectivity index (χ2n) is 6.90. The van der Waals surface area contributed by atoms with Crippen LogP contribution in [0.1, 0.15) is 38.7 Å². The summed E-state index contributed by atoms with van der Waals surface area (Å²) in [5, 5.41) is 4.92. The van der Waals surface area contributed by atoms with Crippen LogP contribution in [0.3, 0.4) is 0 Å². The Balaban J connectivity index is 2.67. The number of allylic oxidation sites excluding steroid dienone is 4. The smallest absolute Gasteiger partial charge is 0.392 e. The van der Waals surface area contributed by atoms with Gasteiger partial charge in [-0.25, -0.2) is 14.0 Å². The molecule has 6 nitrogen and oxygen atoms in total. The highest BCUT2D eigenvalue weighted by Crippen LogP contribution is 2.28. The number of aromatic nitrogens is 3. The maximum Gasteiger partial charge on any atom is 0.392 e. The summed E-state index contributed by atoms with van der Waals surface area (Å²) >= 11 is 6.11. The van der Waals surface area contributed by atoms with Gasteiger partial charge < -0.3 is 4.74 Å². The first-order valence-corrected chi connectivity index (χ1v) is 10.5. The average molecular weight is 472 g/mol. The number of rotatable bonds is 9. The van der Waals surface area contributed by atoms with E-state index in [1.807, 2.05) is 13.8 Å². The standard InChI is InChI=1S/C22H25ClF3N3O3/c1-4-7-17(8-6-12-22(24,25)26)29-20(18-10-9-16(23)14-15(18)5-2)27-28(21(29)31)13-11-19(30)32-3/h6-10,14H,4-5,11-13H2,1-3H3/b8-6-,17-7+. The van der Waals surface area contributed by atoms with E-state index in [9.17, 15) is 22.8 Å². The number of nitrogens with zero attached hydrogens (tertiary/aromatic N) is 3. The summed E-state index contributed by atoms with van der Waals surface area (Å²) in [5.41, 5.74) is 1.13. The summed E-state index contributed by atoms with van der Waals surface area (Å²) in [6, 6.07) is 5.12. The molecule has 2 rings (SSSR count). The van der Waals surface area contributed by atoms with Gasteiger partial charge in [0.25, 0.3) is 0 Å². The molecule has 0 aliphatic carbocycles. The molecule has 1 aromatic heterocycles. The van der Waals surface area contributed by atoms with E-state index in [4.69, 9.17) is 11.6 Å². The van der Waals surface area contributed by atoms with Crippen LogP contribution in [0.25, 0.3) is 17.1 Å². The van der Waals surface area contributed by atoms with Gasteiger partial charge in [-0.3, -0.25) is 4.79 Å². The highest BCUT2D eigenvalue weighted by molar-refractivity contribution is 6.30. The van der Waals surface area contributed by atoms with Gasteiger partial charge in [-0.2, -0.15) is 13.2 Å². The van der Waals surface area contributed by atoms with Gasteiger partial charge in [0, 0.05) is 16.3 Å². The normalized spacial score (nSPS) is 12.5. The molecule has 0 spiro atoms. The fourth-order valence-electron chi connectivity index (χ4n) is 3.09. The molecule has 32 heavy (non-hydrogen) atoms. The van der Waals surface area contributed by atoms with Crippen molar-refractivity contribution in [1.29, 1.82) is 0 Å². The molecule has 1 heterocycles. The number of alkyl halides is 3. The molecular weight excluding hydrogens is 447 g/mol. The lowest BCUT2D eigenvalue weighted by atomic mass is 10.0. The molecule has 0 fully saturated rings. The van der Waals surface area contributed by atoms with E-state index in [1.54, 1.807) is 24.3 Å². The Kier molecular flexibility index (Phi) is 8.89. The second-order valence-corrected chi connectivity index (χ2v) is 7.34. The fourth-order valence-corrected chi connectivity index (χ4v) is 3.28. The minimum absolute atomic E-state index is 0.0355. The van der Waals surface area contributed by atoms with Crippen LogP contribution >= 0.6 is 11.6 Å². The first-order valence-electron chi connectivity index (χ1n) is 10.1. The minimum atomic E-state index is -4.36. The molecule has 0 bridgehead atoms. The van der Waals surface area contributed by atoms with E-state index in [0.29, 0.717) is 23.4 Å². The second kappa shape index (κ2) is 11.2. The van der Waals surface area contributed by atoms with E-state index in [2.05, 4.69) is 9.84 Å². The first-order chi connectivity index (χ1) is 15.1. The largest absolute Gasteiger partial charge is 0.469 e. The zero-order valence-electron chi connectivity index (χ0n) is 18.1. The van der Waals surface area contributed by atoms with E-state index in [0.717, 1.165) is 16.3 Å². The van der Waals surface area contributed by atoms with Crippen LogP contribution in [-0.4, -0.2) is 33.6 Å². The van der Waals surface area contributed by atoms with Gasteiger partial charge in [0.05, 0.1) is 26.5 Å². The third kappa shape index (κ3) is 6.59. The Hall–Kier alpha value is -2.81. The number of carbonyl (C=O) groups is 1. The lowest BCUT2D eigenvalue weighted by Crippen LogP contribution is -2.25. The number of hydrogen-bond acceptors (Lipinski definition) is 4. The predicted octanol–water partition coefficient (Wildman–Crippen LogP) is 5.25. The Labute approximate surface area is 188 Å². The molecule has 0 radical (unpaired) electrons. The molecule has 10 heteroatoms. The summed E-state index contributed by atoms with van der Waals surface area (Å²) in [6.45, 7) is 3.69. The zero-order chi connectivity index (χ0) is 23.9. The van der Waals surface area contributed by atoms with E-state index >= 15 is 0 Å². The molecule has 0 saturated carbocycles. The number of ether oxygens (including phenoxy) is 1. The highest BCUT2D eigenvalue weighted by atomic mass is 35.5. The maximum atomic E-state index is 13.2. The third-order valence-electron chi connectivity index (χ3n) is 4.59. The molecule has 2 aromatic rings. The molecule has 0 aliphatic rings. The van der Waals surface area contributed by atoms with Gasteiger partial charge in [-0.05, 0) is 42.7 Å². The third-order valence-corrected chi connectivity index (χ3v) is 4.83. The number of methoxy groups -OCH3 is 1. The van der Waals surface area contributed by atoms with Gasteiger partial charge in [0.15, 0.2) is 5.82 Å². The summed E-state index contributed by atoms with van der Waals surface area (Å²) in [6.07, 6.45) is -0.631. The van der Waals surface area contributed by atoms with E-state index in [1.165, 1.54) is 17.8 Å². The summed E-state index contributed by atoms with van der Waals surface area (Å²) < 4.78 is 45.0. The molecule has 174 valence electrons. The van der Waals surface area contributed by atoms with Gasteiger partial charge in [-0.15, -0.1) is 5.10 Å². The van der Waals surface area contributed by atoms with Crippen molar-refractivity contribution in [3.8, 4) is 11.4 Å². The lowest BCUT2D eigenvalue weighted by Gasteiger charge is -2.11. The molecule has 0 saturated heterocycles. The van der Waals surface area contributed by atoms with Crippen molar-refractivity contribution in [2.75, 3.05) is 7.11 Å². The summed E-state index contributed by atoms with van der Waals surface area (Å²) in [4.78, 5) is 24.7. The monoisotopic (exact) mass is 471 g/mol. The van der Waals surface area contributed by atoms with Crippen molar-refractivity contribution < 1.29 is 22.7 Å². The SMILES string of the molecule is CC/C=C(\C=C/CC(F)(F)F)n1c(-c2ccc(Cl)cc2CC)nn(CCC(=O)OC)c1=O. The fraction of sp³-hybridized carbons (Fsp3) is 0.409. The molecule has 0 N–H and O–H groups in total. The number of benzene rings is 1. The number of esters is 1. The van der Waals surface area contributed by atoms with Gasteiger partial charge in [0.2, 0.25) is 0 Å². The topological polar surface area (TPSA) is 66.1 Å². The lowest BCUT2D eigenvalue weighted by molar-refractivity contribution is -0.140. The van der Waals surface area contributed by atoms with Crippen molar-refractivity contribution >= 4 is 23.3 Å². The van der Waals surface area contributed by atoms with Crippen molar-refractivity contribution in [3.63, 3.8) is 0 Å². The summed E-state index contributed by atoms with van der Waals surface area (Å²) in [7, 11) is 1.24. The van der Waals surface area contributed by atoms with Crippen LogP contribution < -0.4 is 5.69 Å². The minimum Gasteiger partial charge on any atom is -0.469 e. The van der Waals surface area contributed by atoms with Gasteiger partial charge in [-0.1, -0.05) is 37.6 Å². The zero-order valence-corrected chi connectivity index (χ0v) is 18.8. The molecule has 0 atom stereocenters. The van der Waals surface area contributed by atoms with Crippen LogP contribution in [0.15, 0.2) is 41.2 Å². The molecule has 0 amide bonds. The number of halogens is 4. The molecule has 0 aliphatic heterocycles. The average Bonchev–Trinajstić information content (AvgIpc) is 3.06. The Morgan fingerprint density at radius 3 is 2.59 bits per heavy atom. The van der Waals surface area contributed by atoms with Crippen LogP contribution in [-0.2, 0) is 22.5 Å². The Morgan fingerprint density at radius 2 is 2.00 bits per heavy atom.